The van der Waals surface area contributed by atoms with E-state index in [9.17, 15) is 16.2 Å². The van der Waals surface area contributed by atoms with Crippen molar-refractivity contribution >= 4 is 32.2 Å². The van der Waals surface area contributed by atoms with E-state index in [0.29, 0.717) is 4.90 Å². The fourth-order valence-electron chi connectivity index (χ4n) is 0.694. The topological polar surface area (TPSA) is 34.1 Å². The Hall–Kier alpha value is -0.270. The predicted molar refractivity (Wildman–Crippen MR) is 49.3 cm³/mol. The van der Waals surface area contributed by atoms with Gasteiger partial charge in [-0.25, -0.2) is 0 Å². The van der Waals surface area contributed by atoms with Crippen molar-refractivity contribution in [2.24, 2.45) is 0 Å². The molecular weight excluding hydrogens is 238 g/mol. The van der Waals surface area contributed by atoms with Gasteiger partial charge < -0.3 is 0 Å². The standard InChI is InChI=1S/C6H4F2O2S3/c7-12-11-5-1-3-6(4-2-5)13(8,9)10/h1-4H. The molecule has 1 aromatic carbocycles. The zero-order valence-corrected chi connectivity index (χ0v) is 8.56. The lowest BCUT2D eigenvalue weighted by Crippen LogP contribution is -1.90. The monoisotopic (exact) mass is 242 g/mol. The molecule has 0 amide bonds. The van der Waals surface area contributed by atoms with Crippen LogP contribution in [0, 0.1) is 0 Å². The molecule has 0 aliphatic heterocycles. The van der Waals surface area contributed by atoms with Gasteiger partial charge in [-0.15, -0.1) is 3.89 Å². The molecule has 1 rings (SSSR count). The first kappa shape index (κ1) is 10.8. The van der Waals surface area contributed by atoms with Gasteiger partial charge in [0.2, 0.25) is 0 Å². The smallest absolute Gasteiger partial charge is 0.189 e. The molecule has 2 nitrogen and oxygen atoms in total. The minimum absolute atomic E-state index is 0.0415. The molecule has 0 aliphatic rings. The van der Waals surface area contributed by atoms with E-state index in [-0.39, 0.29) is 11.2 Å². The Morgan fingerprint density at radius 2 is 1.69 bits per heavy atom. The second-order valence-corrected chi connectivity index (χ2v) is 5.04. The third kappa shape index (κ3) is 3.17. The molecule has 0 saturated heterocycles. The molecule has 0 radical (unpaired) electrons. The molecule has 72 valence electrons. The zero-order valence-electron chi connectivity index (χ0n) is 6.11. The van der Waals surface area contributed by atoms with E-state index in [1.807, 2.05) is 0 Å². The Kier molecular flexibility index (Phi) is 3.57. The van der Waals surface area contributed by atoms with Crippen molar-refractivity contribution in [2.45, 2.75) is 9.79 Å². The Morgan fingerprint density at radius 1 is 1.15 bits per heavy atom. The van der Waals surface area contributed by atoms with Gasteiger partial charge in [-0.05, 0) is 35.1 Å². The fourth-order valence-corrected chi connectivity index (χ4v) is 2.03. The van der Waals surface area contributed by atoms with Crippen LogP contribution >= 0.6 is 22.0 Å². The maximum Gasteiger partial charge on any atom is 0.332 e. The highest BCUT2D eigenvalue weighted by Crippen LogP contribution is 2.32. The van der Waals surface area contributed by atoms with Crippen LogP contribution in [0.5, 0.6) is 0 Å². The first-order valence-corrected chi connectivity index (χ1v) is 6.47. The van der Waals surface area contributed by atoms with Crippen LogP contribution in [0.1, 0.15) is 0 Å². The molecule has 0 aromatic heterocycles. The summed E-state index contributed by atoms with van der Waals surface area (Å²) in [6.07, 6.45) is 0. The SMILES string of the molecule is O=S(=O)(F)c1ccc(SSF)cc1. The highest BCUT2D eigenvalue weighted by molar-refractivity contribution is 8.74. The summed E-state index contributed by atoms with van der Waals surface area (Å²) in [6.45, 7) is 0. The summed E-state index contributed by atoms with van der Waals surface area (Å²) in [5.74, 6) is 0. The lowest BCUT2D eigenvalue weighted by molar-refractivity contribution is 0.552. The summed E-state index contributed by atoms with van der Waals surface area (Å²) in [5.41, 5.74) is 0. The average Bonchev–Trinajstić information content (AvgIpc) is 2.04. The highest BCUT2D eigenvalue weighted by atomic mass is 33.1. The van der Waals surface area contributed by atoms with Crippen molar-refractivity contribution in [3.63, 3.8) is 0 Å². The second-order valence-electron chi connectivity index (χ2n) is 2.06. The maximum atomic E-state index is 12.3. The van der Waals surface area contributed by atoms with Gasteiger partial charge in [-0.3, -0.25) is 0 Å². The van der Waals surface area contributed by atoms with Crippen molar-refractivity contribution < 1.29 is 16.2 Å². The fraction of sp³-hybridized carbons (Fsp3) is 0. The first-order valence-electron chi connectivity index (χ1n) is 3.04. The lowest BCUT2D eigenvalue weighted by atomic mass is 10.4. The summed E-state index contributed by atoms with van der Waals surface area (Å²) < 4.78 is 44.7. The molecular formula is C6H4F2O2S3. The van der Waals surface area contributed by atoms with Crippen LogP contribution in [0.3, 0.4) is 0 Å². The van der Waals surface area contributed by atoms with Crippen LogP contribution in [0.4, 0.5) is 7.77 Å². The summed E-state index contributed by atoms with van der Waals surface area (Å²) >= 11 is 0.0415. The number of hydrogen-bond acceptors (Lipinski definition) is 4. The van der Waals surface area contributed by atoms with Crippen LogP contribution < -0.4 is 0 Å². The number of halogens is 2. The van der Waals surface area contributed by atoms with Gasteiger partial charge >= 0.3 is 10.2 Å². The molecule has 0 atom stereocenters. The lowest BCUT2D eigenvalue weighted by Gasteiger charge is -1.96. The van der Waals surface area contributed by atoms with Crippen LogP contribution in [-0.2, 0) is 10.2 Å². The van der Waals surface area contributed by atoms with Crippen molar-refractivity contribution in [2.75, 3.05) is 0 Å². The number of hydrogen-bond donors (Lipinski definition) is 0. The molecule has 0 saturated carbocycles. The van der Waals surface area contributed by atoms with Gasteiger partial charge in [0.15, 0.2) is 0 Å². The Labute approximate surface area is 82.6 Å². The second kappa shape index (κ2) is 4.30. The Bertz CT molecular complexity index is 373. The Morgan fingerprint density at radius 3 is 2.08 bits per heavy atom. The third-order valence-electron chi connectivity index (χ3n) is 1.23. The molecule has 0 aliphatic carbocycles. The average molecular weight is 242 g/mol. The van der Waals surface area contributed by atoms with Crippen LogP contribution in [-0.4, -0.2) is 8.42 Å². The summed E-state index contributed by atoms with van der Waals surface area (Å²) in [4.78, 5) is 0.112. The third-order valence-corrected chi connectivity index (χ3v) is 3.36. The molecule has 0 spiro atoms. The van der Waals surface area contributed by atoms with Gasteiger partial charge in [-0.2, -0.15) is 12.3 Å². The van der Waals surface area contributed by atoms with E-state index < -0.39 is 15.1 Å². The summed E-state index contributed by atoms with van der Waals surface area (Å²) in [6, 6.07) is 4.86. The Balaban J connectivity index is 2.94. The van der Waals surface area contributed by atoms with Gasteiger partial charge in [0, 0.05) is 4.90 Å². The molecule has 0 bridgehead atoms. The number of benzene rings is 1. The molecule has 13 heavy (non-hydrogen) atoms. The van der Waals surface area contributed by atoms with Gasteiger partial charge in [-0.1, -0.05) is 0 Å². The zero-order chi connectivity index (χ0) is 9.90. The van der Waals surface area contributed by atoms with Crippen molar-refractivity contribution in [1.29, 1.82) is 0 Å². The molecule has 0 fully saturated rings. The van der Waals surface area contributed by atoms with Crippen LogP contribution in [0.25, 0.3) is 0 Å². The first-order chi connectivity index (χ1) is 6.04. The molecule has 0 heterocycles. The molecule has 0 unspecified atom stereocenters. The maximum absolute atomic E-state index is 12.3. The summed E-state index contributed by atoms with van der Waals surface area (Å²) in [5, 5.41) is 0. The van der Waals surface area contributed by atoms with E-state index in [0.717, 1.165) is 22.9 Å². The van der Waals surface area contributed by atoms with Crippen molar-refractivity contribution in [3.8, 4) is 0 Å². The molecule has 7 heteroatoms. The van der Waals surface area contributed by atoms with Crippen LogP contribution in [0.15, 0.2) is 34.1 Å². The van der Waals surface area contributed by atoms with Crippen LogP contribution in [0.2, 0.25) is 0 Å². The van der Waals surface area contributed by atoms with Gasteiger partial charge in [0.1, 0.15) is 11.2 Å². The molecule has 1 aromatic rings. The predicted octanol–water partition coefficient (Wildman–Crippen LogP) is 2.97. The van der Waals surface area contributed by atoms with E-state index in [4.69, 9.17) is 0 Å². The number of rotatable bonds is 3. The minimum Gasteiger partial charge on any atom is -0.189 e. The van der Waals surface area contributed by atoms with E-state index in [2.05, 4.69) is 0 Å². The van der Waals surface area contributed by atoms with E-state index in [1.165, 1.54) is 12.1 Å². The largest absolute Gasteiger partial charge is 0.332 e. The summed E-state index contributed by atoms with van der Waals surface area (Å²) in [7, 11) is -3.82. The van der Waals surface area contributed by atoms with Gasteiger partial charge in [0.25, 0.3) is 0 Å². The quantitative estimate of drug-likeness (QED) is 0.603. The van der Waals surface area contributed by atoms with E-state index in [1.54, 1.807) is 0 Å². The normalized spacial score (nSPS) is 11.5. The molecule has 0 N–H and O–H groups in total. The van der Waals surface area contributed by atoms with Crippen molar-refractivity contribution in [1.82, 2.24) is 0 Å². The highest BCUT2D eigenvalue weighted by Gasteiger charge is 2.10. The minimum atomic E-state index is -4.64. The van der Waals surface area contributed by atoms with Crippen molar-refractivity contribution in [3.05, 3.63) is 24.3 Å². The van der Waals surface area contributed by atoms with E-state index >= 15 is 0 Å². The van der Waals surface area contributed by atoms with Gasteiger partial charge in [0.05, 0.1) is 4.90 Å².